The maximum Gasteiger partial charge on any atom is 0.251 e. The standard InChI is InChI=1S/C26H32N2O/c1-6-22-24(20-12-14-21(15-13-20)26(3,4)5)23(25(27)29)18(2)28(22)17-16-19-10-8-7-9-11-19/h7-15H,6,16-17H2,1-5H3,(H2,27,29). The topological polar surface area (TPSA) is 48.0 Å². The normalized spacial score (nSPS) is 11.6. The second-order valence-electron chi connectivity index (χ2n) is 8.71. The first-order valence-corrected chi connectivity index (χ1v) is 10.4. The number of primary amides is 1. The predicted molar refractivity (Wildman–Crippen MR) is 121 cm³/mol. The number of carbonyl (C=O) groups excluding carboxylic acids is 1. The van der Waals surface area contributed by atoms with Crippen LogP contribution in [0.5, 0.6) is 0 Å². The Hall–Kier alpha value is -2.81. The largest absolute Gasteiger partial charge is 0.366 e. The molecule has 1 amide bonds. The minimum atomic E-state index is -0.356. The first-order valence-electron chi connectivity index (χ1n) is 10.4. The van der Waals surface area contributed by atoms with E-state index < -0.39 is 0 Å². The van der Waals surface area contributed by atoms with Crippen molar-refractivity contribution in [2.24, 2.45) is 5.73 Å². The Morgan fingerprint density at radius 2 is 1.62 bits per heavy atom. The van der Waals surface area contributed by atoms with Gasteiger partial charge in [0.1, 0.15) is 0 Å². The number of amides is 1. The Balaban J connectivity index is 2.07. The van der Waals surface area contributed by atoms with Crippen molar-refractivity contribution in [1.82, 2.24) is 4.57 Å². The van der Waals surface area contributed by atoms with Gasteiger partial charge >= 0.3 is 0 Å². The number of benzene rings is 2. The molecule has 0 radical (unpaired) electrons. The van der Waals surface area contributed by atoms with E-state index in [2.05, 4.69) is 80.8 Å². The van der Waals surface area contributed by atoms with Crippen molar-refractivity contribution in [3.63, 3.8) is 0 Å². The van der Waals surface area contributed by atoms with Crippen LogP contribution < -0.4 is 5.73 Å². The second kappa shape index (κ2) is 8.28. The monoisotopic (exact) mass is 388 g/mol. The van der Waals surface area contributed by atoms with Crippen LogP contribution in [0.25, 0.3) is 11.1 Å². The average Bonchev–Trinajstić information content (AvgIpc) is 2.98. The number of aryl methyl sites for hydroxylation is 1. The van der Waals surface area contributed by atoms with Gasteiger partial charge in [0.05, 0.1) is 5.56 Å². The van der Waals surface area contributed by atoms with Gasteiger partial charge in [-0.15, -0.1) is 0 Å². The van der Waals surface area contributed by atoms with Crippen molar-refractivity contribution < 1.29 is 4.79 Å². The van der Waals surface area contributed by atoms with E-state index in [9.17, 15) is 4.79 Å². The van der Waals surface area contributed by atoms with Crippen molar-refractivity contribution in [3.05, 3.63) is 82.7 Å². The van der Waals surface area contributed by atoms with Crippen molar-refractivity contribution in [3.8, 4) is 11.1 Å². The third kappa shape index (κ3) is 4.29. The van der Waals surface area contributed by atoms with Gasteiger partial charge in [0.15, 0.2) is 0 Å². The fourth-order valence-electron chi connectivity index (χ4n) is 4.10. The van der Waals surface area contributed by atoms with E-state index >= 15 is 0 Å². The minimum absolute atomic E-state index is 0.0934. The molecular formula is C26H32N2O. The molecule has 2 aromatic carbocycles. The van der Waals surface area contributed by atoms with Gasteiger partial charge < -0.3 is 10.3 Å². The van der Waals surface area contributed by atoms with Crippen LogP contribution in [0.3, 0.4) is 0 Å². The molecule has 29 heavy (non-hydrogen) atoms. The Bertz CT molecular complexity index is 990. The van der Waals surface area contributed by atoms with E-state index in [1.165, 1.54) is 16.8 Å². The van der Waals surface area contributed by atoms with E-state index in [0.717, 1.165) is 36.2 Å². The van der Waals surface area contributed by atoms with Crippen molar-refractivity contribution in [2.45, 2.75) is 59.4 Å². The van der Waals surface area contributed by atoms with Gasteiger partial charge in [-0.3, -0.25) is 4.79 Å². The predicted octanol–water partition coefficient (Wildman–Crippen LogP) is 5.67. The fourth-order valence-corrected chi connectivity index (χ4v) is 4.10. The zero-order valence-electron chi connectivity index (χ0n) is 18.3. The van der Waals surface area contributed by atoms with Gasteiger partial charge in [0.25, 0.3) is 5.91 Å². The van der Waals surface area contributed by atoms with Crippen LogP contribution in [0, 0.1) is 6.92 Å². The lowest BCUT2D eigenvalue weighted by Gasteiger charge is -2.19. The highest BCUT2D eigenvalue weighted by molar-refractivity contribution is 6.02. The van der Waals surface area contributed by atoms with Gasteiger partial charge in [0, 0.05) is 23.5 Å². The second-order valence-corrected chi connectivity index (χ2v) is 8.71. The third-order valence-electron chi connectivity index (χ3n) is 5.72. The summed E-state index contributed by atoms with van der Waals surface area (Å²) in [6.07, 6.45) is 1.77. The summed E-state index contributed by atoms with van der Waals surface area (Å²) in [7, 11) is 0. The van der Waals surface area contributed by atoms with Crippen LogP contribution in [0.15, 0.2) is 54.6 Å². The van der Waals surface area contributed by atoms with E-state index in [4.69, 9.17) is 5.73 Å². The van der Waals surface area contributed by atoms with Crippen molar-refractivity contribution in [1.29, 1.82) is 0 Å². The quantitative estimate of drug-likeness (QED) is 0.581. The van der Waals surface area contributed by atoms with Crippen LogP contribution in [-0.2, 0) is 24.8 Å². The molecule has 0 spiro atoms. The molecule has 0 aliphatic heterocycles. The van der Waals surface area contributed by atoms with Crippen LogP contribution in [-0.4, -0.2) is 10.5 Å². The Morgan fingerprint density at radius 3 is 2.14 bits per heavy atom. The summed E-state index contributed by atoms with van der Waals surface area (Å²) in [5.41, 5.74) is 13.3. The molecule has 0 aliphatic carbocycles. The number of carbonyl (C=O) groups is 1. The number of hydrogen-bond donors (Lipinski definition) is 1. The Kier molecular flexibility index (Phi) is 5.97. The number of hydrogen-bond acceptors (Lipinski definition) is 1. The Morgan fingerprint density at radius 1 is 1.00 bits per heavy atom. The molecule has 0 atom stereocenters. The van der Waals surface area contributed by atoms with Crippen LogP contribution in [0.1, 0.15) is 60.6 Å². The smallest absolute Gasteiger partial charge is 0.251 e. The molecule has 3 heteroatoms. The van der Waals surface area contributed by atoms with E-state index in [0.29, 0.717) is 5.56 Å². The van der Waals surface area contributed by atoms with Crippen molar-refractivity contribution in [2.75, 3.05) is 0 Å². The lowest BCUT2D eigenvalue weighted by molar-refractivity contribution is 0.1000. The summed E-state index contributed by atoms with van der Waals surface area (Å²) < 4.78 is 2.28. The fraction of sp³-hybridized carbons (Fsp3) is 0.346. The maximum absolute atomic E-state index is 12.4. The van der Waals surface area contributed by atoms with E-state index in [-0.39, 0.29) is 11.3 Å². The third-order valence-corrected chi connectivity index (χ3v) is 5.72. The van der Waals surface area contributed by atoms with Gasteiger partial charge in [-0.05, 0) is 41.9 Å². The van der Waals surface area contributed by atoms with Crippen molar-refractivity contribution >= 4 is 5.91 Å². The van der Waals surface area contributed by atoms with Crippen LogP contribution in [0.4, 0.5) is 0 Å². The lowest BCUT2D eigenvalue weighted by Crippen LogP contribution is -2.14. The van der Waals surface area contributed by atoms with E-state index in [1.807, 2.05) is 13.0 Å². The molecule has 2 N–H and O–H groups in total. The molecule has 1 heterocycles. The zero-order chi connectivity index (χ0) is 21.2. The van der Waals surface area contributed by atoms with Crippen LogP contribution >= 0.6 is 0 Å². The Labute approximate surface area is 174 Å². The molecule has 152 valence electrons. The summed E-state index contributed by atoms with van der Waals surface area (Å²) in [6.45, 7) is 11.6. The molecule has 0 saturated heterocycles. The number of aromatic nitrogens is 1. The van der Waals surface area contributed by atoms with E-state index in [1.54, 1.807) is 0 Å². The summed E-state index contributed by atoms with van der Waals surface area (Å²) in [4.78, 5) is 12.4. The summed E-state index contributed by atoms with van der Waals surface area (Å²) in [5, 5.41) is 0. The number of nitrogens with two attached hydrogens (primary N) is 1. The van der Waals surface area contributed by atoms with Gasteiger partial charge in [-0.2, -0.15) is 0 Å². The van der Waals surface area contributed by atoms with Gasteiger partial charge in [-0.25, -0.2) is 0 Å². The molecule has 0 aliphatic rings. The van der Waals surface area contributed by atoms with Gasteiger partial charge in [0.2, 0.25) is 0 Å². The SMILES string of the molecule is CCc1c(-c2ccc(C(C)(C)C)cc2)c(C(N)=O)c(C)n1CCc1ccccc1. The number of rotatable bonds is 6. The number of nitrogens with zero attached hydrogens (tertiary/aromatic N) is 1. The molecule has 1 aromatic heterocycles. The molecule has 3 nitrogen and oxygen atoms in total. The molecule has 0 fully saturated rings. The maximum atomic E-state index is 12.4. The highest BCUT2D eigenvalue weighted by Crippen LogP contribution is 2.34. The molecule has 0 unspecified atom stereocenters. The summed E-state index contributed by atoms with van der Waals surface area (Å²) >= 11 is 0. The highest BCUT2D eigenvalue weighted by atomic mass is 16.1. The molecule has 0 saturated carbocycles. The summed E-state index contributed by atoms with van der Waals surface area (Å²) in [6, 6.07) is 19.0. The summed E-state index contributed by atoms with van der Waals surface area (Å²) in [5.74, 6) is -0.356. The molecule has 3 aromatic rings. The van der Waals surface area contributed by atoms with Crippen LogP contribution in [0.2, 0.25) is 0 Å². The molecular weight excluding hydrogens is 356 g/mol. The molecule has 0 bridgehead atoms. The van der Waals surface area contributed by atoms with Gasteiger partial charge in [-0.1, -0.05) is 82.3 Å². The first-order chi connectivity index (χ1) is 13.7. The minimum Gasteiger partial charge on any atom is -0.366 e. The molecule has 3 rings (SSSR count). The average molecular weight is 389 g/mol. The lowest BCUT2D eigenvalue weighted by atomic mass is 9.86. The highest BCUT2D eigenvalue weighted by Gasteiger charge is 2.24. The zero-order valence-corrected chi connectivity index (χ0v) is 18.3. The first kappa shape index (κ1) is 20.9.